The van der Waals surface area contributed by atoms with Crippen molar-refractivity contribution >= 4 is 53.8 Å². The summed E-state index contributed by atoms with van der Waals surface area (Å²) in [5.41, 5.74) is 0. The van der Waals surface area contributed by atoms with E-state index in [1.165, 1.54) is 39.2 Å². The van der Waals surface area contributed by atoms with E-state index in [0.29, 0.717) is 0 Å². The van der Waals surface area contributed by atoms with Crippen LogP contribution in [0.15, 0.2) is 209 Å². The standard InChI is InChI=1S/C36H28S3.2C8HF17O3S/c1-5-17-29(18-6-1)38(30-19-7-2-8-20-30)35-27-15-13-25-33(35)37-34-26-14-16-28-36(34)39(31-21-9-3-10-22-31)32-23-11-4-12-24-32;2*9-1(10,3(13,14)5(17,18)7(21,22)23)2(11,12)4(15,16)6(19,20)8(24,25)29(26,27)28/h1-28H;2*(H,26,27,28)/q+2;;/p-2. The summed E-state index contributed by atoms with van der Waals surface area (Å²) in [7, 11) is -16.7. The highest BCUT2D eigenvalue weighted by Crippen LogP contribution is 2.67. The zero-order valence-electron chi connectivity index (χ0n) is 45.5. The van der Waals surface area contributed by atoms with Crippen LogP contribution in [-0.4, -0.2) is 120 Å². The second-order valence-corrected chi connectivity index (χ2v) is 26.6. The Morgan fingerprint density at radius 3 is 0.588 bits per heavy atom. The summed E-state index contributed by atoms with van der Waals surface area (Å²) in [5, 5.41) is -15.9. The van der Waals surface area contributed by atoms with Gasteiger partial charge in [-0.1, -0.05) is 109 Å². The number of benzene rings is 6. The first-order chi connectivity index (χ1) is 43.4. The Labute approximate surface area is 530 Å². The minimum Gasteiger partial charge on any atom is -0.743 e. The van der Waals surface area contributed by atoms with Gasteiger partial charge in [0.25, 0.3) is 0 Å². The first kappa shape index (κ1) is 83.2. The number of halogens is 34. The predicted molar refractivity (Wildman–Crippen MR) is 268 cm³/mol. The van der Waals surface area contributed by atoms with E-state index >= 15 is 0 Å². The van der Waals surface area contributed by atoms with Gasteiger partial charge in [0, 0.05) is 0 Å². The van der Waals surface area contributed by atoms with Gasteiger partial charge in [0.1, 0.15) is 21.8 Å². The Morgan fingerprint density at radius 1 is 0.237 bits per heavy atom. The number of alkyl halides is 34. The molecule has 97 heavy (non-hydrogen) atoms. The van der Waals surface area contributed by atoms with Gasteiger partial charge in [0.05, 0.1) is 9.79 Å². The fraction of sp³-hybridized carbons (Fsp3) is 0.308. The van der Waals surface area contributed by atoms with Gasteiger partial charge >= 0.3 is 93.9 Å². The molecular formula is C52H28F34O6S5. The number of hydrogen-bond acceptors (Lipinski definition) is 7. The highest BCUT2D eigenvalue weighted by molar-refractivity contribution is 8.02. The maximum Gasteiger partial charge on any atom is 0.460 e. The Balaban J connectivity index is 0.000000316. The molecule has 0 bridgehead atoms. The highest BCUT2D eigenvalue weighted by Gasteiger charge is 2.97. The zero-order valence-corrected chi connectivity index (χ0v) is 49.6. The molecule has 0 N–H and O–H groups in total. The van der Waals surface area contributed by atoms with E-state index in [-0.39, 0.29) is 21.8 Å². The zero-order chi connectivity index (χ0) is 75.3. The third kappa shape index (κ3) is 14.3. The molecule has 0 heterocycles. The molecule has 0 radical (unpaired) electrons. The van der Waals surface area contributed by atoms with E-state index in [1.807, 2.05) is 11.8 Å². The van der Waals surface area contributed by atoms with Crippen molar-refractivity contribution in [3.8, 4) is 0 Å². The first-order valence-electron chi connectivity index (χ1n) is 24.3. The summed E-state index contributed by atoms with van der Waals surface area (Å²) in [6.45, 7) is 0. The normalized spacial score (nSPS) is 14.6. The molecule has 6 rings (SSSR count). The van der Waals surface area contributed by atoms with Crippen LogP contribution < -0.4 is 0 Å². The summed E-state index contributed by atoms with van der Waals surface area (Å²) in [5.74, 6) is -104. The summed E-state index contributed by atoms with van der Waals surface area (Å²) >= 11 is 1.89. The van der Waals surface area contributed by atoms with Gasteiger partial charge in [-0.05, 0) is 72.8 Å². The quantitative estimate of drug-likeness (QED) is 0.0378. The van der Waals surface area contributed by atoms with Gasteiger partial charge in [-0.25, -0.2) is 16.8 Å². The fourth-order valence-corrected chi connectivity index (χ4v) is 13.9. The lowest BCUT2D eigenvalue weighted by molar-refractivity contribution is -0.458. The van der Waals surface area contributed by atoms with Gasteiger partial charge in [-0.2, -0.15) is 149 Å². The molecule has 0 aliphatic heterocycles. The fourth-order valence-electron chi connectivity index (χ4n) is 7.14. The van der Waals surface area contributed by atoms with Crippen molar-refractivity contribution < 1.29 is 175 Å². The average molecular weight is 1560 g/mol. The van der Waals surface area contributed by atoms with Gasteiger partial charge in [-0.3, -0.25) is 0 Å². The summed E-state index contributed by atoms with van der Waals surface area (Å²) < 4.78 is 488. The largest absolute Gasteiger partial charge is 0.743 e. The predicted octanol–water partition coefficient (Wildman–Crippen LogP) is 19.0. The molecular weight excluding hydrogens is 1530 g/mol. The van der Waals surface area contributed by atoms with E-state index in [1.54, 1.807) is 0 Å². The molecule has 6 nitrogen and oxygen atoms in total. The second kappa shape index (κ2) is 27.4. The van der Waals surface area contributed by atoms with Gasteiger partial charge in [0.2, 0.25) is 0 Å². The van der Waals surface area contributed by atoms with Crippen LogP contribution in [0.5, 0.6) is 0 Å². The minimum absolute atomic E-state index is 0.208. The molecule has 0 saturated carbocycles. The highest BCUT2D eigenvalue weighted by atomic mass is 32.2. The lowest BCUT2D eigenvalue weighted by Gasteiger charge is -2.42. The van der Waals surface area contributed by atoms with Crippen LogP contribution in [0.4, 0.5) is 149 Å². The molecule has 0 saturated heterocycles. The van der Waals surface area contributed by atoms with Crippen LogP contribution in [0.25, 0.3) is 0 Å². The number of hydrogen-bond donors (Lipinski definition) is 0. The molecule has 6 aromatic rings. The van der Waals surface area contributed by atoms with E-state index in [9.17, 15) is 175 Å². The number of rotatable bonds is 22. The van der Waals surface area contributed by atoms with Crippen molar-refractivity contribution in [3.63, 3.8) is 0 Å². The van der Waals surface area contributed by atoms with Crippen LogP contribution in [-0.2, 0) is 42.0 Å². The molecule has 0 spiro atoms. The Bertz CT molecular complexity index is 3550. The van der Waals surface area contributed by atoms with Crippen molar-refractivity contribution in [2.45, 2.75) is 133 Å². The van der Waals surface area contributed by atoms with Crippen molar-refractivity contribution in [1.82, 2.24) is 0 Å². The maximum atomic E-state index is 13.0. The van der Waals surface area contributed by atoms with Crippen molar-refractivity contribution in [2.24, 2.45) is 0 Å². The van der Waals surface area contributed by atoms with Gasteiger partial charge < -0.3 is 9.11 Å². The van der Waals surface area contributed by atoms with Gasteiger partial charge in [0.15, 0.2) is 49.6 Å². The molecule has 0 atom stereocenters. The lowest BCUT2D eigenvalue weighted by atomic mass is 9.91. The molecule has 0 unspecified atom stereocenters. The van der Waals surface area contributed by atoms with Crippen molar-refractivity contribution in [2.75, 3.05) is 0 Å². The summed E-state index contributed by atoms with van der Waals surface area (Å²) in [6.07, 6.45) is -15.8. The maximum absolute atomic E-state index is 13.0. The third-order valence-electron chi connectivity index (χ3n) is 12.3. The second-order valence-electron chi connectivity index (χ2n) is 18.7. The summed E-state index contributed by atoms with van der Waals surface area (Å²) in [4.78, 5) is 10.6. The van der Waals surface area contributed by atoms with Crippen LogP contribution >= 0.6 is 11.8 Å². The monoisotopic (exact) mass is 1550 g/mol. The van der Waals surface area contributed by atoms with Crippen LogP contribution in [0.3, 0.4) is 0 Å². The molecule has 0 aliphatic rings. The molecule has 0 aliphatic carbocycles. The van der Waals surface area contributed by atoms with E-state index in [0.717, 1.165) is 0 Å². The molecule has 540 valence electrons. The molecule has 6 aromatic carbocycles. The van der Waals surface area contributed by atoms with E-state index < -0.39 is 114 Å². The Morgan fingerprint density at radius 2 is 0.402 bits per heavy atom. The van der Waals surface area contributed by atoms with Crippen LogP contribution in [0, 0.1) is 0 Å². The smallest absolute Gasteiger partial charge is 0.460 e. The minimum atomic E-state index is -8.92. The van der Waals surface area contributed by atoms with Crippen LogP contribution in [0.2, 0.25) is 0 Å². The molecule has 45 heteroatoms. The van der Waals surface area contributed by atoms with Crippen molar-refractivity contribution in [1.29, 1.82) is 0 Å². The summed E-state index contributed by atoms with van der Waals surface area (Å²) in [6, 6.07) is 61.5. The van der Waals surface area contributed by atoms with Crippen LogP contribution in [0.1, 0.15) is 0 Å². The third-order valence-corrected chi connectivity index (χ3v) is 20.0. The lowest BCUT2D eigenvalue weighted by Crippen LogP contribution is -2.75. The van der Waals surface area contributed by atoms with Crippen molar-refractivity contribution in [3.05, 3.63) is 170 Å². The first-order valence-corrected chi connectivity index (χ1v) is 30.3. The molecule has 0 amide bonds. The Hall–Kier alpha value is -6.19. The van der Waals surface area contributed by atoms with E-state index in [2.05, 4.69) is 170 Å². The topological polar surface area (TPSA) is 114 Å². The average Bonchev–Trinajstić information content (AvgIpc) is 0.698. The SMILES string of the molecule is O=S(=O)([O-])C(F)(F)C(F)(F)C(F)(F)C(F)(F)C(F)(F)C(F)(F)C(F)(F)C(F)(F)F.O=S(=O)([O-])C(F)(F)C(F)(F)C(F)(F)C(F)(F)C(F)(F)C(F)(F)C(F)(F)C(F)(F)F.c1ccc([S+](c2ccccc2)c2ccccc2Sc2ccccc2[S+](c2ccccc2)c2ccccc2)cc1. The van der Waals surface area contributed by atoms with Gasteiger partial charge in [-0.15, -0.1) is 0 Å². The molecule has 0 fully saturated rings. The molecule has 0 aromatic heterocycles. The Kier molecular flexibility index (Phi) is 23.5. The van der Waals surface area contributed by atoms with E-state index in [4.69, 9.17) is 0 Å².